The minimum absolute atomic E-state index is 0.100. The monoisotopic (exact) mass is 421 g/mol. The number of aliphatic hydroxyl groups excluding tert-OH is 1. The quantitative estimate of drug-likeness (QED) is 0.436. The Kier molecular flexibility index (Phi) is 6.09. The first-order valence-electron chi connectivity index (χ1n) is 10.7. The van der Waals surface area contributed by atoms with E-state index in [1.54, 1.807) is 36.3 Å². The summed E-state index contributed by atoms with van der Waals surface area (Å²) in [5.74, 6) is -0.812. The van der Waals surface area contributed by atoms with Crippen molar-refractivity contribution in [2.75, 3.05) is 20.3 Å². The third-order valence-electron chi connectivity index (χ3n) is 6.03. The van der Waals surface area contributed by atoms with E-state index in [9.17, 15) is 14.7 Å². The molecule has 1 amide bonds. The highest BCUT2D eigenvalue weighted by Gasteiger charge is 2.47. The van der Waals surface area contributed by atoms with Crippen molar-refractivity contribution >= 4 is 17.4 Å². The highest BCUT2D eigenvalue weighted by Crippen LogP contribution is 2.40. The van der Waals surface area contributed by atoms with E-state index in [-0.39, 0.29) is 17.4 Å². The van der Waals surface area contributed by atoms with Gasteiger partial charge in [-0.2, -0.15) is 0 Å². The van der Waals surface area contributed by atoms with Gasteiger partial charge in [-0.3, -0.25) is 9.59 Å². The van der Waals surface area contributed by atoms with Crippen molar-refractivity contribution in [2.24, 2.45) is 0 Å². The molecule has 2 saturated heterocycles. The van der Waals surface area contributed by atoms with Crippen molar-refractivity contribution < 1.29 is 24.2 Å². The van der Waals surface area contributed by atoms with Gasteiger partial charge >= 0.3 is 0 Å². The molecular formula is C25H27NO5. The molecule has 0 saturated carbocycles. The molecule has 6 nitrogen and oxygen atoms in total. The van der Waals surface area contributed by atoms with Crippen molar-refractivity contribution in [3.63, 3.8) is 0 Å². The smallest absolute Gasteiger partial charge is 0.295 e. The lowest BCUT2D eigenvalue weighted by Crippen LogP contribution is -2.36. The van der Waals surface area contributed by atoms with Crippen molar-refractivity contribution in [3.8, 4) is 5.75 Å². The zero-order valence-corrected chi connectivity index (χ0v) is 17.8. The maximum Gasteiger partial charge on any atom is 0.295 e. The van der Waals surface area contributed by atoms with Crippen LogP contribution < -0.4 is 4.74 Å². The first-order chi connectivity index (χ1) is 15.0. The summed E-state index contributed by atoms with van der Waals surface area (Å²) < 4.78 is 10.9. The molecule has 2 fully saturated rings. The Hall–Kier alpha value is -3.12. The summed E-state index contributed by atoms with van der Waals surface area (Å²) in [5, 5.41) is 11.1. The zero-order chi connectivity index (χ0) is 22.0. The molecule has 2 aliphatic rings. The summed E-state index contributed by atoms with van der Waals surface area (Å²) in [5.41, 5.74) is 2.53. The van der Waals surface area contributed by atoms with Crippen LogP contribution in [-0.4, -0.2) is 48.1 Å². The molecule has 0 unspecified atom stereocenters. The van der Waals surface area contributed by atoms with E-state index in [2.05, 4.69) is 6.92 Å². The predicted octanol–water partition coefficient (Wildman–Crippen LogP) is 3.86. The average Bonchev–Trinajstić information content (AvgIpc) is 3.41. The third kappa shape index (κ3) is 4.08. The van der Waals surface area contributed by atoms with E-state index in [0.717, 1.165) is 30.4 Å². The van der Waals surface area contributed by atoms with Crippen molar-refractivity contribution in [2.45, 2.75) is 38.3 Å². The third-order valence-corrected chi connectivity index (χ3v) is 6.03. The molecule has 2 aliphatic heterocycles. The molecule has 0 radical (unpaired) electrons. The number of benzene rings is 2. The lowest BCUT2D eigenvalue weighted by Gasteiger charge is -2.27. The van der Waals surface area contributed by atoms with E-state index < -0.39 is 17.7 Å². The number of carbonyl (C=O) groups is 2. The van der Waals surface area contributed by atoms with E-state index in [1.165, 1.54) is 0 Å². The number of rotatable bonds is 6. The van der Waals surface area contributed by atoms with E-state index in [1.807, 2.05) is 24.3 Å². The number of Topliss-reactive ketones (excluding diaryl/α,β-unsaturated/α-hetero) is 1. The number of likely N-dealkylation sites (tertiary alicyclic amines) is 1. The van der Waals surface area contributed by atoms with Crippen LogP contribution in [0.5, 0.6) is 5.75 Å². The van der Waals surface area contributed by atoms with Gasteiger partial charge in [-0.15, -0.1) is 0 Å². The van der Waals surface area contributed by atoms with Gasteiger partial charge in [0.1, 0.15) is 11.5 Å². The molecule has 2 aromatic carbocycles. The van der Waals surface area contributed by atoms with Gasteiger partial charge in [-0.1, -0.05) is 31.2 Å². The number of carbonyl (C=O) groups excluding carboxylic acids is 2. The van der Waals surface area contributed by atoms with Crippen molar-refractivity contribution in [3.05, 3.63) is 70.8 Å². The summed E-state index contributed by atoms with van der Waals surface area (Å²) >= 11 is 0. The molecule has 2 atom stereocenters. The second kappa shape index (κ2) is 8.94. The lowest BCUT2D eigenvalue weighted by atomic mass is 9.94. The highest BCUT2D eigenvalue weighted by atomic mass is 16.5. The van der Waals surface area contributed by atoms with Crippen LogP contribution in [0.25, 0.3) is 5.76 Å². The number of nitrogens with zero attached hydrogens (tertiary/aromatic N) is 1. The Morgan fingerprint density at radius 2 is 1.84 bits per heavy atom. The molecule has 0 bridgehead atoms. The van der Waals surface area contributed by atoms with Crippen LogP contribution in [0.4, 0.5) is 0 Å². The standard InChI is InChI=1S/C25H27NO5/c1-3-16-6-8-17(9-7-16)22-21(23(27)18-10-12-19(30-2)13-11-18)24(28)25(29)26(22)15-20-5-4-14-31-20/h6-13,20,22,27H,3-5,14-15H2,1-2H3/t20-,22+/m0/s1. The van der Waals surface area contributed by atoms with Gasteiger partial charge in [-0.25, -0.2) is 0 Å². The Labute approximate surface area is 182 Å². The Balaban J connectivity index is 1.79. The van der Waals surface area contributed by atoms with Gasteiger partial charge in [0.05, 0.1) is 24.8 Å². The summed E-state index contributed by atoms with van der Waals surface area (Å²) in [4.78, 5) is 27.6. The Morgan fingerprint density at radius 1 is 1.13 bits per heavy atom. The normalized spacial score (nSPS) is 22.8. The highest BCUT2D eigenvalue weighted by molar-refractivity contribution is 6.46. The van der Waals surface area contributed by atoms with E-state index in [0.29, 0.717) is 24.5 Å². The molecule has 162 valence electrons. The van der Waals surface area contributed by atoms with Crippen LogP contribution >= 0.6 is 0 Å². The predicted molar refractivity (Wildman–Crippen MR) is 117 cm³/mol. The fourth-order valence-corrected chi connectivity index (χ4v) is 4.26. The topological polar surface area (TPSA) is 76.1 Å². The maximum absolute atomic E-state index is 13.1. The molecule has 31 heavy (non-hydrogen) atoms. The number of hydrogen-bond donors (Lipinski definition) is 1. The number of aliphatic hydroxyl groups is 1. The average molecular weight is 421 g/mol. The summed E-state index contributed by atoms with van der Waals surface area (Å²) in [6.07, 6.45) is 2.58. The first-order valence-corrected chi connectivity index (χ1v) is 10.7. The second-order valence-corrected chi connectivity index (χ2v) is 7.91. The number of ether oxygens (including phenoxy) is 2. The van der Waals surface area contributed by atoms with Crippen molar-refractivity contribution in [1.82, 2.24) is 4.90 Å². The fourth-order valence-electron chi connectivity index (χ4n) is 4.26. The first kappa shape index (κ1) is 21.1. The van der Waals surface area contributed by atoms with Crippen LogP contribution in [0.3, 0.4) is 0 Å². The van der Waals surface area contributed by atoms with Crippen molar-refractivity contribution in [1.29, 1.82) is 0 Å². The minimum Gasteiger partial charge on any atom is -0.507 e. The molecule has 1 N–H and O–H groups in total. The molecular weight excluding hydrogens is 394 g/mol. The molecule has 4 rings (SSSR count). The van der Waals surface area contributed by atoms with Gasteiger partial charge in [0, 0.05) is 18.7 Å². The van der Waals surface area contributed by atoms with Crippen LogP contribution in [0.15, 0.2) is 54.1 Å². The number of aryl methyl sites for hydroxylation is 1. The van der Waals surface area contributed by atoms with Crippen LogP contribution in [0, 0.1) is 0 Å². The van der Waals surface area contributed by atoms with E-state index in [4.69, 9.17) is 9.47 Å². The summed E-state index contributed by atoms with van der Waals surface area (Å²) in [7, 11) is 1.56. The van der Waals surface area contributed by atoms with Crippen LogP contribution in [0.1, 0.15) is 42.5 Å². The molecule has 0 aromatic heterocycles. The summed E-state index contributed by atoms with van der Waals surface area (Å²) in [6.45, 7) is 3.06. The molecule has 0 aliphatic carbocycles. The minimum atomic E-state index is -0.670. The Bertz CT molecular complexity index is 988. The number of methoxy groups -OCH3 is 1. The molecule has 2 aromatic rings. The SMILES string of the molecule is CCc1ccc([C@@H]2C(=C(O)c3ccc(OC)cc3)C(=O)C(=O)N2C[C@@H]2CCCO2)cc1. The van der Waals surface area contributed by atoms with Gasteiger partial charge in [0.15, 0.2) is 0 Å². The van der Waals surface area contributed by atoms with E-state index >= 15 is 0 Å². The molecule has 2 heterocycles. The van der Waals surface area contributed by atoms with Crippen LogP contribution in [-0.2, 0) is 20.7 Å². The molecule has 6 heteroatoms. The largest absolute Gasteiger partial charge is 0.507 e. The fraction of sp³-hybridized carbons (Fsp3) is 0.360. The number of amides is 1. The molecule has 0 spiro atoms. The maximum atomic E-state index is 13.1. The second-order valence-electron chi connectivity index (χ2n) is 7.91. The van der Waals surface area contributed by atoms with Gasteiger partial charge in [-0.05, 0) is 54.7 Å². The number of ketones is 1. The van der Waals surface area contributed by atoms with Gasteiger partial charge < -0.3 is 19.5 Å². The van der Waals surface area contributed by atoms with Gasteiger partial charge in [0.2, 0.25) is 0 Å². The van der Waals surface area contributed by atoms with Crippen LogP contribution in [0.2, 0.25) is 0 Å². The number of hydrogen-bond acceptors (Lipinski definition) is 5. The van der Waals surface area contributed by atoms with Gasteiger partial charge in [0.25, 0.3) is 11.7 Å². The lowest BCUT2D eigenvalue weighted by molar-refractivity contribution is -0.140. The zero-order valence-electron chi connectivity index (χ0n) is 17.8. The summed E-state index contributed by atoms with van der Waals surface area (Å²) in [6, 6.07) is 14.0. The Morgan fingerprint density at radius 3 is 2.42 bits per heavy atom.